The molecule has 4 N–H and O–H groups in total. The van der Waals surface area contributed by atoms with E-state index >= 15 is 0 Å². The van der Waals surface area contributed by atoms with Gasteiger partial charge < -0.3 is 16.2 Å². The summed E-state index contributed by atoms with van der Waals surface area (Å²) in [6.07, 6.45) is 1.57. The molecule has 2 aromatic rings. The molecule has 0 aliphatic carbocycles. The van der Waals surface area contributed by atoms with Crippen LogP contribution in [0, 0.1) is 0 Å². The smallest absolute Gasteiger partial charge is 0.211 e. The number of nitrogens with two attached hydrogens (primary N) is 2. The van der Waals surface area contributed by atoms with Crippen LogP contribution in [-0.2, 0) is 6.61 Å². The molecule has 0 heterocycles. The second-order valence-electron chi connectivity index (χ2n) is 4.11. The summed E-state index contributed by atoms with van der Waals surface area (Å²) in [6, 6.07) is 17.5. The molecule has 0 saturated heterocycles. The van der Waals surface area contributed by atoms with E-state index in [0.29, 0.717) is 6.61 Å². The van der Waals surface area contributed by atoms with Gasteiger partial charge >= 0.3 is 0 Å². The van der Waals surface area contributed by atoms with E-state index in [1.807, 2.05) is 54.6 Å². The quantitative estimate of drug-likeness (QED) is 0.493. The Morgan fingerprint density at radius 2 is 1.70 bits per heavy atom. The summed E-state index contributed by atoms with van der Waals surface area (Å²) in [5.41, 5.74) is 12.4. The first-order valence-electron chi connectivity index (χ1n) is 6.13. The van der Waals surface area contributed by atoms with Crippen molar-refractivity contribution >= 4 is 12.2 Å². The second kappa shape index (κ2) is 6.94. The Balaban J connectivity index is 1.92. The summed E-state index contributed by atoms with van der Waals surface area (Å²) in [4.78, 5) is 0. The molecule has 2 aromatic carbocycles. The van der Waals surface area contributed by atoms with Gasteiger partial charge in [0.1, 0.15) is 12.4 Å². The molecule has 0 fully saturated rings. The van der Waals surface area contributed by atoms with Crippen molar-refractivity contribution in [2.45, 2.75) is 6.61 Å². The van der Waals surface area contributed by atoms with Gasteiger partial charge in [0.2, 0.25) is 5.96 Å². The van der Waals surface area contributed by atoms with E-state index < -0.39 is 0 Å². The lowest BCUT2D eigenvalue weighted by Crippen LogP contribution is -2.21. The summed E-state index contributed by atoms with van der Waals surface area (Å²) >= 11 is 0. The predicted molar refractivity (Wildman–Crippen MR) is 80.6 cm³/mol. The van der Waals surface area contributed by atoms with E-state index in [9.17, 15) is 0 Å². The molecule has 0 aliphatic rings. The average Bonchev–Trinajstić information content (AvgIpc) is 2.47. The average molecular weight is 268 g/mol. The highest BCUT2D eigenvalue weighted by atomic mass is 16.5. The summed E-state index contributed by atoms with van der Waals surface area (Å²) < 4.78 is 5.68. The number of hydrogen-bond donors (Lipinski definition) is 2. The molecule has 0 unspecified atom stereocenters. The highest BCUT2D eigenvalue weighted by Crippen LogP contribution is 2.13. The zero-order valence-corrected chi connectivity index (χ0v) is 10.9. The van der Waals surface area contributed by atoms with Crippen LogP contribution in [0.2, 0.25) is 0 Å². The predicted octanol–water partition coefficient (Wildman–Crippen LogP) is 1.87. The van der Waals surface area contributed by atoms with E-state index in [1.165, 1.54) is 0 Å². The fourth-order valence-electron chi connectivity index (χ4n) is 1.55. The molecule has 5 nitrogen and oxygen atoms in total. The van der Waals surface area contributed by atoms with Crippen molar-refractivity contribution in [2.75, 3.05) is 0 Å². The van der Waals surface area contributed by atoms with Crippen LogP contribution in [0.25, 0.3) is 0 Å². The third-order valence-electron chi connectivity index (χ3n) is 2.51. The molecule has 0 aliphatic heterocycles. The number of ether oxygens (including phenoxy) is 1. The van der Waals surface area contributed by atoms with E-state index in [4.69, 9.17) is 16.2 Å². The third-order valence-corrected chi connectivity index (χ3v) is 2.51. The van der Waals surface area contributed by atoms with Crippen molar-refractivity contribution in [2.24, 2.45) is 21.7 Å². The summed E-state index contributed by atoms with van der Waals surface area (Å²) in [6.45, 7) is 0.544. The Morgan fingerprint density at radius 3 is 2.35 bits per heavy atom. The maximum atomic E-state index is 5.68. The molecular formula is C15H16N4O. The number of benzene rings is 2. The molecule has 0 atom stereocenters. The Kier molecular flexibility index (Phi) is 4.72. The van der Waals surface area contributed by atoms with Gasteiger partial charge in [-0.15, -0.1) is 5.10 Å². The molecule has 2 rings (SSSR count). The molecule has 0 amide bonds. The molecule has 102 valence electrons. The van der Waals surface area contributed by atoms with Gasteiger partial charge in [-0.05, 0) is 35.4 Å². The van der Waals surface area contributed by atoms with Crippen LogP contribution in [0.3, 0.4) is 0 Å². The molecule has 0 radical (unpaired) electrons. The zero-order valence-electron chi connectivity index (χ0n) is 10.9. The lowest BCUT2D eigenvalue weighted by atomic mass is 10.2. The summed E-state index contributed by atoms with van der Waals surface area (Å²) in [5, 5.41) is 7.27. The zero-order chi connectivity index (χ0) is 14.2. The summed E-state index contributed by atoms with van der Waals surface area (Å²) in [5.74, 6) is 0.733. The van der Waals surface area contributed by atoms with E-state index in [0.717, 1.165) is 16.9 Å². The largest absolute Gasteiger partial charge is 0.489 e. The van der Waals surface area contributed by atoms with Gasteiger partial charge in [0.05, 0.1) is 6.21 Å². The van der Waals surface area contributed by atoms with Crippen LogP contribution >= 0.6 is 0 Å². The standard InChI is InChI=1S/C15H16N4O/c16-15(17)19-18-10-12-6-8-14(9-7-12)20-11-13-4-2-1-3-5-13/h1-10H,11H2,(H4,16,17,19). The van der Waals surface area contributed by atoms with Crippen LogP contribution in [0.15, 0.2) is 64.8 Å². The Morgan fingerprint density at radius 1 is 1.00 bits per heavy atom. The monoisotopic (exact) mass is 268 g/mol. The van der Waals surface area contributed by atoms with E-state index in [1.54, 1.807) is 6.21 Å². The molecule has 20 heavy (non-hydrogen) atoms. The molecule has 0 aromatic heterocycles. The lowest BCUT2D eigenvalue weighted by molar-refractivity contribution is 0.306. The fourth-order valence-corrected chi connectivity index (χ4v) is 1.55. The first-order valence-corrected chi connectivity index (χ1v) is 6.13. The molecule has 5 heteroatoms. The van der Waals surface area contributed by atoms with Crippen LogP contribution in [-0.4, -0.2) is 12.2 Å². The minimum atomic E-state index is -0.0657. The maximum Gasteiger partial charge on any atom is 0.211 e. The third kappa shape index (κ3) is 4.45. The van der Waals surface area contributed by atoms with Gasteiger partial charge in [0.15, 0.2) is 0 Å². The molecular weight excluding hydrogens is 252 g/mol. The van der Waals surface area contributed by atoms with Crippen molar-refractivity contribution in [3.8, 4) is 5.75 Å². The van der Waals surface area contributed by atoms with Crippen LogP contribution in [0.1, 0.15) is 11.1 Å². The number of hydrogen-bond acceptors (Lipinski definition) is 3. The Labute approximate surface area is 117 Å². The van der Waals surface area contributed by atoms with Crippen molar-refractivity contribution in [1.29, 1.82) is 0 Å². The SMILES string of the molecule is NC(N)=NN=Cc1ccc(OCc2ccccc2)cc1. The maximum absolute atomic E-state index is 5.68. The number of rotatable bonds is 5. The number of guanidine groups is 1. The second-order valence-corrected chi connectivity index (χ2v) is 4.11. The van der Waals surface area contributed by atoms with E-state index in [2.05, 4.69) is 10.2 Å². The van der Waals surface area contributed by atoms with Crippen molar-refractivity contribution < 1.29 is 4.74 Å². The Hall–Kier alpha value is -2.82. The van der Waals surface area contributed by atoms with Gasteiger partial charge in [0, 0.05) is 0 Å². The van der Waals surface area contributed by atoms with Gasteiger partial charge in [-0.25, -0.2) is 0 Å². The minimum absolute atomic E-state index is 0.0657. The highest BCUT2D eigenvalue weighted by Gasteiger charge is 1.95. The highest BCUT2D eigenvalue weighted by molar-refractivity contribution is 5.81. The number of nitrogens with zero attached hydrogens (tertiary/aromatic N) is 2. The summed E-state index contributed by atoms with van der Waals surface area (Å²) in [7, 11) is 0. The van der Waals surface area contributed by atoms with Gasteiger partial charge in [-0.1, -0.05) is 30.3 Å². The van der Waals surface area contributed by atoms with Gasteiger partial charge in [-0.3, -0.25) is 0 Å². The lowest BCUT2D eigenvalue weighted by Gasteiger charge is -2.06. The van der Waals surface area contributed by atoms with Crippen LogP contribution in [0.5, 0.6) is 5.75 Å². The first kappa shape index (κ1) is 13.6. The molecule has 0 saturated carbocycles. The van der Waals surface area contributed by atoms with Crippen molar-refractivity contribution in [3.05, 3.63) is 65.7 Å². The fraction of sp³-hybridized carbons (Fsp3) is 0.0667. The van der Waals surface area contributed by atoms with Crippen molar-refractivity contribution in [1.82, 2.24) is 0 Å². The first-order chi connectivity index (χ1) is 9.74. The minimum Gasteiger partial charge on any atom is -0.489 e. The van der Waals surface area contributed by atoms with Crippen LogP contribution in [0.4, 0.5) is 0 Å². The molecule has 0 spiro atoms. The topological polar surface area (TPSA) is 86.0 Å². The van der Waals surface area contributed by atoms with Gasteiger partial charge in [0.25, 0.3) is 0 Å². The normalized spacial score (nSPS) is 10.4. The van der Waals surface area contributed by atoms with Crippen LogP contribution < -0.4 is 16.2 Å². The van der Waals surface area contributed by atoms with Gasteiger partial charge in [-0.2, -0.15) is 5.10 Å². The Bertz CT molecular complexity index is 587. The molecule has 0 bridgehead atoms. The van der Waals surface area contributed by atoms with E-state index in [-0.39, 0.29) is 5.96 Å². The van der Waals surface area contributed by atoms with Crippen molar-refractivity contribution in [3.63, 3.8) is 0 Å².